The number of amides is 1. The lowest BCUT2D eigenvalue weighted by atomic mass is 9.82. The quantitative estimate of drug-likeness (QED) is 0.941. The highest BCUT2D eigenvalue weighted by molar-refractivity contribution is 5.87. The number of H-pyrrole nitrogens is 1. The highest BCUT2D eigenvalue weighted by Crippen LogP contribution is 2.31. The lowest BCUT2D eigenvalue weighted by Gasteiger charge is -2.39. The second-order valence-electron chi connectivity index (χ2n) is 6.67. The molecule has 1 aromatic carbocycles. The van der Waals surface area contributed by atoms with Crippen LogP contribution in [0.15, 0.2) is 30.5 Å². The van der Waals surface area contributed by atoms with E-state index in [1.807, 2.05) is 25.7 Å². The van der Waals surface area contributed by atoms with Gasteiger partial charge in [0.05, 0.1) is 18.6 Å². The summed E-state index contributed by atoms with van der Waals surface area (Å²) in [5, 5.41) is 0. The number of halogens is 1. The van der Waals surface area contributed by atoms with Gasteiger partial charge in [-0.15, -0.1) is 0 Å². The molecule has 1 aromatic heterocycles. The van der Waals surface area contributed by atoms with Crippen LogP contribution in [-0.2, 0) is 14.9 Å². The normalized spacial score (nSPS) is 18.7. The van der Waals surface area contributed by atoms with E-state index < -0.39 is 5.41 Å². The van der Waals surface area contributed by atoms with E-state index >= 15 is 0 Å². The van der Waals surface area contributed by atoms with Crippen LogP contribution in [0.4, 0.5) is 4.39 Å². The fourth-order valence-electron chi connectivity index (χ4n) is 3.02. The van der Waals surface area contributed by atoms with E-state index in [2.05, 4.69) is 9.97 Å². The first-order valence-electron chi connectivity index (χ1n) is 8.06. The van der Waals surface area contributed by atoms with E-state index in [1.165, 1.54) is 12.1 Å². The van der Waals surface area contributed by atoms with Crippen LogP contribution < -0.4 is 0 Å². The molecule has 0 bridgehead atoms. The van der Waals surface area contributed by atoms with Gasteiger partial charge in [0.25, 0.3) is 0 Å². The SMILES string of the molecule is Cc1cnc([C@H]2COCCN2C(=O)C(C)(C)c2ccc(F)cc2)[nH]1. The number of nitrogens with zero attached hydrogens (tertiary/aromatic N) is 2. The third-order valence-corrected chi connectivity index (χ3v) is 4.53. The number of morpholine rings is 1. The Labute approximate surface area is 140 Å². The van der Waals surface area contributed by atoms with Crippen LogP contribution in [0.25, 0.3) is 0 Å². The summed E-state index contributed by atoms with van der Waals surface area (Å²) < 4.78 is 18.7. The van der Waals surface area contributed by atoms with Crippen molar-refractivity contribution >= 4 is 5.91 Å². The number of aromatic nitrogens is 2. The smallest absolute Gasteiger partial charge is 0.233 e. The van der Waals surface area contributed by atoms with Gasteiger partial charge in [-0.2, -0.15) is 0 Å². The summed E-state index contributed by atoms with van der Waals surface area (Å²) in [4.78, 5) is 22.6. The minimum Gasteiger partial charge on any atom is -0.377 e. The van der Waals surface area contributed by atoms with Crippen molar-refractivity contribution in [1.29, 1.82) is 0 Å². The van der Waals surface area contributed by atoms with Crippen LogP contribution >= 0.6 is 0 Å². The Morgan fingerprint density at radius 1 is 1.38 bits per heavy atom. The first-order valence-corrected chi connectivity index (χ1v) is 8.06. The molecular formula is C18H22FN3O2. The minimum absolute atomic E-state index is 0.0172. The van der Waals surface area contributed by atoms with Gasteiger partial charge in [-0.25, -0.2) is 9.37 Å². The largest absolute Gasteiger partial charge is 0.377 e. The summed E-state index contributed by atoms with van der Waals surface area (Å²) in [5.41, 5.74) is 0.973. The number of nitrogens with one attached hydrogen (secondary N) is 1. The van der Waals surface area contributed by atoms with E-state index in [1.54, 1.807) is 18.3 Å². The molecule has 1 fully saturated rings. The molecule has 1 aliphatic rings. The van der Waals surface area contributed by atoms with Crippen molar-refractivity contribution in [1.82, 2.24) is 14.9 Å². The molecule has 1 aliphatic heterocycles. The van der Waals surface area contributed by atoms with Gasteiger partial charge in [-0.05, 0) is 38.5 Å². The molecular weight excluding hydrogens is 309 g/mol. The van der Waals surface area contributed by atoms with Crippen LogP contribution in [0.1, 0.15) is 37.0 Å². The first kappa shape index (κ1) is 16.6. The number of ether oxygens (including phenoxy) is 1. The highest BCUT2D eigenvalue weighted by Gasteiger charge is 2.39. The first-order chi connectivity index (χ1) is 11.4. The number of carbonyl (C=O) groups excluding carboxylic acids is 1. The van der Waals surface area contributed by atoms with Gasteiger partial charge in [0, 0.05) is 18.4 Å². The van der Waals surface area contributed by atoms with E-state index in [0.717, 1.165) is 17.1 Å². The van der Waals surface area contributed by atoms with Crippen molar-refractivity contribution in [3.05, 3.63) is 53.4 Å². The van der Waals surface area contributed by atoms with Crippen molar-refractivity contribution in [2.24, 2.45) is 0 Å². The van der Waals surface area contributed by atoms with Crippen molar-refractivity contribution in [2.45, 2.75) is 32.2 Å². The van der Waals surface area contributed by atoms with E-state index in [0.29, 0.717) is 19.8 Å². The van der Waals surface area contributed by atoms with Crippen LogP contribution in [-0.4, -0.2) is 40.5 Å². The van der Waals surface area contributed by atoms with Gasteiger partial charge in [0.15, 0.2) is 0 Å². The highest BCUT2D eigenvalue weighted by atomic mass is 19.1. The molecule has 1 N–H and O–H groups in total. The van der Waals surface area contributed by atoms with Crippen molar-refractivity contribution in [3.8, 4) is 0 Å². The molecule has 24 heavy (non-hydrogen) atoms. The number of imidazole rings is 1. The molecule has 1 atom stereocenters. The standard InChI is InChI=1S/C18H22FN3O2/c1-12-10-20-16(21-12)15-11-24-9-8-22(15)17(23)18(2,3)13-4-6-14(19)7-5-13/h4-7,10,15H,8-9,11H2,1-3H3,(H,20,21)/t15-/m1/s1. The van der Waals surface area contributed by atoms with Gasteiger partial charge < -0.3 is 14.6 Å². The molecule has 0 spiro atoms. The molecule has 2 aromatic rings. The van der Waals surface area contributed by atoms with E-state index in [4.69, 9.17) is 4.74 Å². The molecule has 2 heterocycles. The number of hydrogen-bond donors (Lipinski definition) is 1. The molecule has 6 heteroatoms. The maximum atomic E-state index is 13.2. The van der Waals surface area contributed by atoms with Crippen molar-refractivity contribution in [3.63, 3.8) is 0 Å². The Kier molecular flexibility index (Phi) is 4.41. The molecule has 5 nitrogen and oxygen atoms in total. The molecule has 0 radical (unpaired) electrons. The Hall–Kier alpha value is -2.21. The second kappa shape index (κ2) is 6.36. The number of aromatic amines is 1. The van der Waals surface area contributed by atoms with Gasteiger partial charge >= 0.3 is 0 Å². The zero-order valence-corrected chi connectivity index (χ0v) is 14.2. The predicted molar refractivity (Wildman–Crippen MR) is 88.0 cm³/mol. The Balaban J connectivity index is 1.89. The van der Waals surface area contributed by atoms with Gasteiger partial charge in [0.1, 0.15) is 17.7 Å². The summed E-state index contributed by atoms with van der Waals surface area (Å²) in [6.07, 6.45) is 1.75. The molecule has 0 aliphatic carbocycles. The molecule has 1 saturated heterocycles. The Bertz CT molecular complexity index is 724. The maximum absolute atomic E-state index is 13.2. The summed E-state index contributed by atoms with van der Waals surface area (Å²) in [6.45, 7) is 7.08. The lowest BCUT2D eigenvalue weighted by Crippen LogP contribution is -2.50. The van der Waals surface area contributed by atoms with Gasteiger partial charge in [0.2, 0.25) is 5.91 Å². The topological polar surface area (TPSA) is 58.2 Å². The van der Waals surface area contributed by atoms with Crippen LogP contribution in [0.5, 0.6) is 0 Å². The summed E-state index contributed by atoms with van der Waals surface area (Å²) in [7, 11) is 0. The van der Waals surface area contributed by atoms with Gasteiger partial charge in [-0.3, -0.25) is 4.79 Å². The predicted octanol–water partition coefficient (Wildman–Crippen LogP) is 2.73. The third-order valence-electron chi connectivity index (χ3n) is 4.53. The molecule has 1 amide bonds. The number of aryl methyl sites for hydroxylation is 1. The van der Waals surface area contributed by atoms with Crippen molar-refractivity contribution < 1.29 is 13.9 Å². The molecule has 0 unspecified atom stereocenters. The number of rotatable bonds is 3. The third kappa shape index (κ3) is 3.06. The Morgan fingerprint density at radius 2 is 2.08 bits per heavy atom. The average Bonchev–Trinajstić information content (AvgIpc) is 3.01. The number of carbonyl (C=O) groups is 1. The zero-order valence-electron chi connectivity index (χ0n) is 14.2. The lowest BCUT2D eigenvalue weighted by molar-refractivity contribution is -0.145. The minimum atomic E-state index is -0.759. The molecule has 0 saturated carbocycles. The van der Waals surface area contributed by atoms with Crippen molar-refractivity contribution in [2.75, 3.05) is 19.8 Å². The fourth-order valence-corrected chi connectivity index (χ4v) is 3.02. The maximum Gasteiger partial charge on any atom is 0.233 e. The zero-order chi connectivity index (χ0) is 17.3. The monoisotopic (exact) mass is 331 g/mol. The van der Waals surface area contributed by atoms with Crippen LogP contribution in [0.2, 0.25) is 0 Å². The van der Waals surface area contributed by atoms with E-state index in [-0.39, 0.29) is 17.8 Å². The van der Waals surface area contributed by atoms with Gasteiger partial charge in [-0.1, -0.05) is 12.1 Å². The second-order valence-corrected chi connectivity index (χ2v) is 6.67. The molecule has 128 valence electrons. The van der Waals surface area contributed by atoms with Crippen LogP contribution in [0.3, 0.4) is 0 Å². The Morgan fingerprint density at radius 3 is 2.71 bits per heavy atom. The molecule has 3 rings (SSSR count). The number of benzene rings is 1. The number of hydrogen-bond acceptors (Lipinski definition) is 3. The summed E-state index contributed by atoms with van der Waals surface area (Å²) in [5.74, 6) is 0.407. The summed E-state index contributed by atoms with van der Waals surface area (Å²) >= 11 is 0. The average molecular weight is 331 g/mol. The summed E-state index contributed by atoms with van der Waals surface area (Å²) in [6, 6.07) is 5.87. The van der Waals surface area contributed by atoms with E-state index in [9.17, 15) is 9.18 Å². The van der Waals surface area contributed by atoms with Crippen LogP contribution in [0, 0.1) is 12.7 Å². The fraction of sp³-hybridized carbons (Fsp3) is 0.444.